The Labute approximate surface area is 87.8 Å². The molecule has 1 aromatic heterocycles. The molecule has 4 unspecified atom stereocenters. The molecule has 1 aromatic rings. The number of hydrogen-bond donors (Lipinski definition) is 2. The van der Waals surface area contributed by atoms with Gasteiger partial charge < -0.3 is 11.6 Å². The van der Waals surface area contributed by atoms with E-state index in [2.05, 4.69) is 10.2 Å². The topological polar surface area (TPSA) is 82.8 Å². The molecule has 3 aliphatic rings. The van der Waals surface area contributed by atoms with Crippen LogP contribution in [0.3, 0.4) is 0 Å². The SMILES string of the molecule is Nc1nnc(C2C3C4CCC(C4)C23)n1N. The molecule has 15 heavy (non-hydrogen) atoms. The fourth-order valence-electron chi connectivity index (χ4n) is 4.21. The van der Waals surface area contributed by atoms with Gasteiger partial charge in [0.25, 0.3) is 0 Å². The smallest absolute Gasteiger partial charge is 0.240 e. The van der Waals surface area contributed by atoms with Crippen LogP contribution in [-0.4, -0.2) is 14.9 Å². The van der Waals surface area contributed by atoms with Crippen LogP contribution < -0.4 is 11.6 Å². The second-order valence-electron chi connectivity index (χ2n) is 5.30. The van der Waals surface area contributed by atoms with Gasteiger partial charge in [-0.1, -0.05) is 0 Å². The van der Waals surface area contributed by atoms with Gasteiger partial charge in [0.15, 0.2) is 5.82 Å². The Morgan fingerprint density at radius 1 is 1.13 bits per heavy atom. The quantitative estimate of drug-likeness (QED) is 0.647. The number of nitrogens with zero attached hydrogens (tertiary/aromatic N) is 3. The first kappa shape index (κ1) is 7.96. The molecule has 4 rings (SSSR count). The Morgan fingerprint density at radius 3 is 2.33 bits per heavy atom. The van der Waals surface area contributed by atoms with Gasteiger partial charge in [0.1, 0.15) is 0 Å². The molecule has 3 fully saturated rings. The van der Waals surface area contributed by atoms with Crippen molar-refractivity contribution in [1.29, 1.82) is 0 Å². The average Bonchev–Trinajstić information content (AvgIpc) is 2.60. The Balaban J connectivity index is 1.70. The highest BCUT2D eigenvalue weighted by atomic mass is 15.4. The van der Waals surface area contributed by atoms with Gasteiger partial charge in [-0.3, -0.25) is 0 Å². The summed E-state index contributed by atoms with van der Waals surface area (Å²) >= 11 is 0. The van der Waals surface area contributed by atoms with E-state index in [1.807, 2.05) is 0 Å². The number of aromatic nitrogens is 3. The third-order valence-corrected chi connectivity index (χ3v) is 4.78. The lowest BCUT2D eigenvalue weighted by Crippen LogP contribution is -2.16. The van der Waals surface area contributed by atoms with Crippen molar-refractivity contribution >= 4 is 5.95 Å². The summed E-state index contributed by atoms with van der Waals surface area (Å²) < 4.78 is 1.47. The van der Waals surface area contributed by atoms with Crippen molar-refractivity contribution in [3.8, 4) is 0 Å². The molecule has 5 heteroatoms. The molecular formula is C10H15N5. The summed E-state index contributed by atoms with van der Waals surface area (Å²) in [6.45, 7) is 0. The van der Waals surface area contributed by atoms with Crippen LogP contribution >= 0.6 is 0 Å². The Hall–Kier alpha value is -1.26. The van der Waals surface area contributed by atoms with Crippen LogP contribution in [0.1, 0.15) is 31.0 Å². The van der Waals surface area contributed by atoms with Crippen molar-refractivity contribution in [3.05, 3.63) is 5.82 Å². The van der Waals surface area contributed by atoms with E-state index in [1.165, 1.54) is 23.9 Å². The highest BCUT2D eigenvalue weighted by Gasteiger charge is 2.66. The van der Waals surface area contributed by atoms with Gasteiger partial charge in [0.05, 0.1) is 0 Å². The molecule has 4 atom stereocenters. The summed E-state index contributed by atoms with van der Waals surface area (Å²) in [5.74, 6) is 11.2. The van der Waals surface area contributed by atoms with E-state index >= 15 is 0 Å². The molecule has 0 aliphatic heterocycles. The summed E-state index contributed by atoms with van der Waals surface area (Å²) in [5.41, 5.74) is 5.61. The zero-order valence-corrected chi connectivity index (χ0v) is 8.50. The summed E-state index contributed by atoms with van der Waals surface area (Å²) in [4.78, 5) is 0. The molecule has 3 aliphatic carbocycles. The van der Waals surface area contributed by atoms with Gasteiger partial charge in [-0.05, 0) is 42.9 Å². The molecule has 4 N–H and O–H groups in total. The summed E-state index contributed by atoms with van der Waals surface area (Å²) in [6.07, 6.45) is 4.27. The number of nitrogen functional groups attached to an aromatic ring is 2. The van der Waals surface area contributed by atoms with E-state index in [0.29, 0.717) is 11.9 Å². The van der Waals surface area contributed by atoms with Gasteiger partial charge in [0.2, 0.25) is 5.95 Å². The first-order valence-corrected chi connectivity index (χ1v) is 5.73. The maximum absolute atomic E-state index is 5.82. The molecule has 3 saturated carbocycles. The molecule has 2 bridgehead atoms. The largest absolute Gasteiger partial charge is 0.366 e. The van der Waals surface area contributed by atoms with E-state index < -0.39 is 0 Å². The summed E-state index contributed by atoms with van der Waals surface area (Å²) in [7, 11) is 0. The van der Waals surface area contributed by atoms with Crippen LogP contribution in [0, 0.1) is 23.7 Å². The number of hydrogen-bond acceptors (Lipinski definition) is 4. The maximum Gasteiger partial charge on any atom is 0.240 e. The number of rotatable bonds is 1. The molecule has 0 aromatic carbocycles. The molecule has 0 spiro atoms. The Bertz CT molecular complexity index is 409. The van der Waals surface area contributed by atoms with Crippen molar-refractivity contribution in [3.63, 3.8) is 0 Å². The average molecular weight is 205 g/mol. The molecule has 1 heterocycles. The minimum atomic E-state index is 0.335. The zero-order valence-electron chi connectivity index (χ0n) is 8.50. The summed E-state index contributed by atoms with van der Waals surface area (Å²) in [6, 6.07) is 0. The van der Waals surface area contributed by atoms with Crippen molar-refractivity contribution < 1.29 is 0 Å². The third-order valence-electron chi connectivity index (χ3n) is 4.78. The van der Waals surface area contributed by atoms with Gasteiger partial charge in [-0.25, -0.2) is 4.68 Å². The van der Waals surface area contributed by atoms with E-state index in [9.17, 15) is 0 Å². The number of nitrogens with two attached hydrogens (primary N) is 2. The van der Waals surface area contributed by atoms with Crippen LogP contribution in [0.25, 0.3) is 0 Å². The van der Waals surface area contributed by atoms with Crippen LogP contribution in [-0.2, 0) is 0 Å². The lowest BCUT2D eigenvalue weighted by Gasteiger charge is -2.07. The van der Waals surface area contributed by atoms with E-state index in [1.54, 1.807) is 0 Å². The lowest BCUT2D eigenvalue weighted by molar-refractivity contribution is 0.456. The van der Waals surface area contributed by atoms with Crippen molar-refractivity contribution in [2.75, 3.05) is 11.6 Å². The predicted molar refractivity (Wildman–Crippen MR) is 55.1 cm³/mol. The second-order valence-corrected chi connectivity index (χ2v) is 5.30. The fraction of sp³-hybridized carbons (Fsp3) is 0.800. The molecular weight excluding hydrogens is 190 g/mol. The van der Waals surface area contributed by atoms with Gasteiger partial charge >= 0.3 is 0 Å². The van der Waals surface area contributed by atoms with Crippen molar-refractivity contribution in [2.45, 2.75) is 25.2 Å². The molecule has 0 radical (unpaired) electrons. The second kappa shape index (κ2) is 2.28. The number of anilines is 1. The predicted octanol–water partition coefficient (Wildman–Crippen LogP) is 0.334. The fourth-order valence-corrected chi connectivity index (χ4v) is 4.21. The molecule has 0 saturated heterocycles. The standard InChI is InChI=1S/C10H15N5/c11-10-14-13-9(15(10)12)8-6-4-1-2-5(3-4)7(6)8/h4-8H,1-3,12H2,(H2,11,14). The maximum atomic E-state index is 5.82. The zero-order chi connectivity index (χ0) is 10.2. The lowest BCUT2D eigenvalue weighted by atomic mass is 10.0. The van der Waals surface area contributed by atoms with Crippen LogP contribution in [0.4, 0.5) is 5.95 Å². The molecule has 0 amide bonds. The highest BCUT2D eigenvalue weighted by molar-refractivity contribution is 5.28. The Kier molecular flexibility index (Phi) is 1.21. The molecule has 5 nitrogen and oxygen atoms in total. The monoisotopic (exact) mass is 205 g/mol. The third kappa shape index (κ3) is 0.804. The van der Waals surface area contributed by atoms with Crippen molar-refractivity contribution in [2.24, 2.45) is 23.7 Å². The Morgan fingerprint density at radius 2 is 1.80 bits per heavy atom. The van der Waals surface area contributed by atoms with Crippen LogP contribution in [0.15, 0.2) is 0 Å². The highest BCUT2D eigenvalue weighted by Crippen LogP contribution is 2.72. The van der Waals surface area contributed by atoms with E-state index in [0.717, 1.165) is 29.5 Å². The van der Waals surface area contributed by atoms with Crippen molar-refractivity contribution in [1.82, 2.24) is 14.9 Å². The van der Waals surface area contributed by atoms with E-state index in [4.69, 9.17) is 11.6 Å². The minimum absolute atomic E-state index is 0.335. The van der Waals surface area contributed by atoms with Gasteiger partial charge in [-0.15, -0.1) is 10.2 Å². The normalized spacial score (nSPS) is 45.7. The molecule has 80 valence electrons. The summed E-state index contributed by atoms with van der Waals surface area (Å²) in [5, 5.41) is 7.96. The first-order valence-electron chi connectivity index (χ1n) is 5.73. The van der Waals surface area contributed by atoms with E-state index in [-0.39, 0.29) is 0 Å². The number of fused-ring (bicyclic) bond motifs is 5. The van der Waals surface area contributed by atoms with Crippen LogP contribution in [0.5, 0.6) is 0 Å². The van der Waals surface area contributed by atoms with Gasteiger partial charge in [0, 0.05) is 5.92 Å². The first-order chi connectivity index (χ1) is 7.27. The minimum Gasteiger partial charge on any atom is -0.366 e. The van der Waals surface area contributed by atoms with Gasteiger partial charge in [-0.2, -0.15) is 0 Å². The van der Waals surface area contributed by atoms with Crippen LogP contribution in [0.2, 0.25) is 0 Å².